The van der Waals surface area contributed by atoms with Crippen molar-refractivity contribution < 1.29 is 9.72 Å². The van der Waals surface area contributed by atoms with Crippen LogP contribution in [0.4, 0.5) is 5.69 Å². The van der Waals surface area contributed by atoms with Crippen molar-refractivity contribution in [3.8, 4) is 0 Å². The number of hydrogen-bond acceptors (Lipinski definition) is 5. The second-order valence-corrected chi connectivity index (χ2v) is 5.82. The summed E-state index contributed by atoms with van der Waals surface area (Å²) in [5.74, 6) is -0.340. The van der Waals surface area contributed by atoms with Crippen LogP contribution in [-0.2, 0) is 18.4 Å². The molecule has 8 heteroatoms. The number of aryl methyl sites for hydroxylation is 1. The van der Waals surface area contributed by atoms with Gasteiger partial charge >= 0.3 is 0 Å². The number of hydrogen-bond donors (Lipinski definition) is 1. The molecule has 1 amide bonds. The van der Waals surface area contributed by atoms with Crippen LogP contribution in [0.2, 0.25) is 0 Å². The molecule has 0 saturated carbocycles. The van der Waals surface area contributed by atoms with Gasteiger partial charge in [-0.05, 0) is 29.8 Å². The van der Waals surface area contributed by atoms with Crippen molar-refractivity contribution in [2.24, 2.45) is 7.05 Å². The van der Waals surface area contributed by atoms with Crippen molar-refractivity contribution >= 4 is 28.4 Å². The summed E-state index contributed by atoms with van der Waals surface area (Å²) in [4.78, 5) is 34.3. The highest BCUT2D eigenvalue weighted by molar-refractivity contribution is 5.92. The first kappa shape index (κ1) is 18.0. The van der Waals surface area contributed by atoms with Crippen LogP contribution >= 0.6 is 0 Å². The minimum Gasteiger partial charge on any atom is -0.347 e. The van der Waals surface area contributed by atoms with Crippen LogP contribution in [0, 0.1) is 10.1 Å². The van der Waals surface area contributed by atoms with Crippen molar-refractivity contribution in [2.45, 2.75) is 6.54 Å². The molecule has 0 atom stereocenters. The maximum Gasteiger partial charge on any atom is 0.274 e. The van der Waals surface area contributed by atoms with Crippen LogP contribution in [-0.4, -0.2) is 20.6 Å². The molecule has 8 nitrogen and oxygen atoms in total. The van der Waals surface area contributed by atoms with Crippen LogP contribution in [0.1, 0.15) is 11.3 Å². The van der Waals surface area contributed by atoms with Crippen LogP contribution in [0.5, 0.6) is 0 Å². The molecule has 1 aromatic heterocycles. The lowest BCUT2D eigenvalue weighted by Crippen LogP contribution is -2.26. The Balaban J connectivity index is 1.71. The molecule has 3 rings (SSSR count). The van der Waals surface area contributed by atoms with Crippen LogP contribution in [0.25, 0.3) is 16.8 Å². The monoisotopic (exact) mass is 364 g/mol. The summed E-state index contributed by atoms with van der Waals surface area (Å²) in [5.41, 5.74) is 1.05. The second kappa shape index (κ2) is 7.61. The summed E-state index contributed by atoms with van der Waals surface area (Å²) >= 11 is 0. The molecule has 0 aliphatic rings. The van der Waals surface area contributed by atoms with E-state index in [-0.39, 0.29) is 23.7 Å². The maximum atomic E-state index is 12.1. The summed E-state index contributed by atoms with van der Waals surface area (Å²) in [6, 6.07) is 13.0. The van der Waals surface area contributed by atoms with Crippen molar-refractivity contribution in [2.75, 3.05) is 0 Å². The third-order valence-corrected chi connectivity index (χ3v) is 3.99. The normalized spacial score (nSPS) is 11.0. The Morgan fingerprint density at radius 3 is 2.52 bits per heavy atom. The highest BCUT2D eigenvalue weighted by atomic mass is 16.6. The third kappa shape index (κ3) is 4.06. The zero-order valence-electron chi connectivity index (χ0n) is 14.5. The predicted octanol–water partition coefficient (Wildman–Crippen LogP) is 2.17. The number of aromatic nitrogens is 2. The highest BCUT2D eigenvalue weighted by Crippen LogP contribution is 2.14. The van der Waals surface area contributed by atoms with Gasteiger partial charge in [0.1, 0.15) is 0 Å². The van der Waals surface area contributed by atoms with Gasteiger partial charge in [0.25, 0.3) is 11.2 Å². The van der Waals surface area contributed by atoms with E-state index in [1.54, 1.807) is 43.5 Å². The number of amides is 1. The van der Waals surface area contributed by atoms with Gasteiger partial charge in [0.05, 0.1) is 22.5 Å². The van der Waals surface area contributed by atoms with E-state index in [4.69, 9.17) is 0 Å². The molecule has 0 aliphatic carbocycles. The Labute approximate surface area is 153 Å². The summed E-state index contributed by atoms with van der Waals surface area (Å²) < 4.78 is 1.25. The van der Waals surface area contributed by atoms with Gasteiger partial charge in [-0.1, -0.05) is 18.2 Å². The smallest absolute Gasteiger partial charge is 0.274 e. The minimum atomic E-state index is -0.481. The molecule has 1 heterocycles. The Kier molecular flexibility index (Phi) is 5.07. The number of fused-ring (bicyclic) bond motifs is 1. The average molecular weight is 364 g/mol. The lowest BCUT2D eigenvalue weighted by molar-refractivity contribution is -0.384. The molecular weight excluding hydrogens is 348 g/mol. The second-order valence-electron chi connectivity index (χ2n) is 5.82. The number of nitro groups is 1. The largest absolute Gasteiger partial charge is 0.347 e. The van der Waals surface area contributed by atoms with Gasteiger partial charge in [-0.2, -0.15) is 5.10 Å². The first-order valence-electron chi connectivity index (χ1n) is 8.11. The van der Waals surface area contributed by atoms with Gasteiger partial charge in [0, 0.05) is 30.6 Å². The SMILES string of the molecule is Cn1nc(CNC(=O)/C=C/c2ccc([N+](=O)[O-])cc2)c2ccccc2c1=O. The van der Waals surface area contributed by atoms with E-state index in [2.05, 4.69) is 10.4 Å². The standard InChI is InChI=1S/C19H16N4O4/c1-22-19(25)16-5-3-2-4-15(16)17(21-22)12-20-18(24)11-8-13-6-9-14(10-7-13)23(26)27/h2-11H,12H2,1H3,(H,20,24)/b11-8+. The van der Waals surface area contributed by atoms with Gasteiger partial charge in [0.2, 0.25) is 5.91 Å². The number of non-ortho nitro benzene ring substituents is 1. The fourth-order valence-corrected chi connectivity index (χ4v) is 2.62. The van der Waals surface area contributed by atoms with Crippen LogP contribution < -0.4 is 10.9 Å². The van der Waals surface area contributed by atoms with E-state index in [9.17, 15) is 19.7 Å². The molecule has 0 aliphatic heterocycles. The third-order valence-electron chi connectivity index (χ3n) is 3.99. The Hall–Kier alpha value is -3.81. The van der Waals surface area contributed by atoms with Crippen LogP contribution in [0.3, 0.4) is 0 Å². The fourth-order valence-electron chi connectivity index (χ4n) is 2.62. The topological polar surface area (TPSA) is 107 Å². The average Bonchev–Trinajstić information content (AvgIpc) is 2.68. The molecule has 0 saturated heterocycles. The van der Waals surface area contributed by atoms with E-state index in [1.165, 1.54) is 22.9 Å². The van der Waals surface area contributed by atoms with Crippen molar-refractivity contribution in [3.05, 3.63) is 86.3 Å². The molecule has 0 fully saturated rings. The first-order chi connectivity index (χ1) is 13.0. The number of benzene rings is 2. The van der Waals surface area contributed by atoms with Crippen LogP contribution in [0.15, 0.2) is 59.4 Å². The van der Waals surface area contributed by atoms with E-state index < -0.39 is 4.92 Å². The summed E-state index contributed by atoms with van der Waals surface area (Å²) in [7, 11) is 1.56. The quantitative estimate of drug-likeness (QED) is 0.424. The molecule has 27 heavy (non-hydrogen) atoms. The van der Waals surface area contributed by atoms with E-state index in [1.807, 2.05) is 6.07 Å². The lowest BCUT2D eigenvalue weighted by atomic mass is 10.1. The Morgan fingerprint density at radius 1 is 1.19 bits per heavy atom. The molecule has 3 aromatic rings. The number of carbonyl (C=O) groups is 1. The van der Waals surface area contributed by atoms with Gasteiger partial charge in [-0.15, -0.1) is 0 Å². The van der Waals surface area contributed by atoms with Crippen molar-refractivity contribution in [1.29, 1.82) is 0 Å². The fraction of sp³-hybridized carbons (Fsp3) is 0.105. The summed E-state index contributed by atoms with van der Waals surface area (Å²) in [5, 5.41) is 18.8. The number of nitrogens with zero attached hydrogens (tertiary/aromatic N) is 3. The van der Waals surface area contributed by atoms with E-state index >= 15 is 0 Å². The van der Waals surface area contributed by atoms with Crippen molar-refractivity contribution in [3.63, 3.8) is 0 Å². The maximum absolute atomic E-state index is 12.1. The minimum absolute atomic E-state index is 0.00996. The molecule has 0 unspecified atom stereocenters. The zero-order chi connectivity index (χ0) is 19.4. The molecule has 2 aromatic carbocycles. The molecule has 0 spiro atoms. The highest BCUT2D eigenvalue weighted by Gasteiger charge is 2.09. The number of nitro benzene ring substituents is 1. The van der Waals surface area contributed by atoms with Gasteiger partial charge in [-0.25, -0.2) is 4.68 Å². The van der Waals surface area contributed by atoms with Gasteiger partial charge in [0.15, 0.2) is 0 Å². The molecule has 0 radical (unpaired) electrons. The van der Waals surface area contributed by atoms with Gasteiger partial charge in [-0.3, -0.25) is 19.7 Å². The Bertz CT molecular complexity index is 1100. The first-order valence-corrected chi connectivity index (χ1v) is 8.11. The van der Waals surface area contributed by atoms with E-state index in [0.717, 1.165) is 0 Å². The lowest BCUT2D eigenvalue weighted by Gasteiger charge is -2.08. The molecule has 1 N–H and O–H groups in total. The van der Waals surface area contributed by atoms with Crippen molar-refractivity contribution in [1.82, 2.24) is 15.1 Å². The predicted molar refractivity (Wildman–Crippen MR) is 101 cm³/mol. The Morgan fingerprint density at radius 2 is 1.85 bits per heavy atom. The van der Waals surface area contributed by atoms with Gasteiger partial charge < -0.3 is 5.32 Å². The summed E-state index contributed by atoms with van der Waals surface area (Å²) in [6.45, 7) is 0.165. The molecule has 136 valence electrons. The number of rotatable bonds is 5. The summed E-state index contributed by atoms with van der Waals surface area (Å²) in [6.07, 6.45) is 2.90. The van der Waals surface area contributed by atoms with E-state index in [0.29, 0.717) is 22.0 Å². The zero-order valence-corrected chi connectivity index (χ0v) is 14.5. The number of nitrogens with one attached hydrogen (secondary N) is 1. The molecular formula is C19H16N4O4. The number of carbonyl (C=O) groups excluding carboxylic acids is 1. The molecule has 0 bridgehead atoms.